The Kier molecular flexibility index (Phi) is 6.85. The summed E-state index contributed by atoms with van der Waals surface area (Å²) in [6.07, 6.45) is 3.89. The Morgan fingerprint density at radius 1 is 1.17 bits per heavy atom. The van der Waals surface area contributed by atoms with Crippen LogP contribution in [0.5, 0.6) is 0 Å². The van der Waals surface area contributed by atoms with Crippen LogP contribution in [-0.2, 0) is 13.0 Å². The number of benzene rings is 1. The summed E-state index contributed by atoms with van der Waals surface area (Å²) in [5, 5.41) is 4.43. The molecule has 6 nitrogen and oxygen atoms in total. The second kappa shape index (κ2) is 9.54. The van der Waals surface area contributed by atoms with E-state index in [9.17, 15) is 8.78 Å². The van der Waals surface area contributed by atoms with E-state index in [1.165, 1.54) is 23.9 Å². The Morgan fingerprint density at radius 3 is 2.48 bits per heavy atom. The van der Waals surface area contributed by atoms with E-state index in [-0.39, 0.29) is 12.5 Å². The number of rotatable bonds is 8. The second-order valence-corrected chi connectivity index (χ2v) is 7.79. The smallest absolute Gasteiger partial charge is 0.127 e. The van der Waals surface area contributed by atoms with Crippen LogP contribution in [-0.4, -0.2) is 21.1 Å². The van der Waals surface area contributed by atoms with Gasteiger partial charge in [-0.1, -0.05) is 30.7 Å². The molecule has 0 aliphatic carbocycles. The third-order valence-electron chi connectivity index (χ3n) is 4.21. The molecule has 150 valence electrons. The van der Waals surface area contributed by atoms with Crippen LogP contribution < -0.4 is 0 Å². The molecule has 3 rings (SSSR count). The van der Waals surface area contributed by atoms with E-state index >= 15 is 0 Å². The molecule has 0 bridgehead atoms. The minimum atomic E-state index is -0.623. The van der Waals surface area contributed by atoms with Crippen LogP contribution in [0.4, 0.5) is 8.78 Å². The van der Waals surface area contributed by atoms with Crippen LogP contribution in [0.15, 0.2) is 57.8 Å². The van der Waals surface area contributed by atoms with Crippen LogP contribution in [0.1, 0.15) is 36.8 Å². The average molecular weight is 414 g/mol. The summed E-state index contributed by atoms with van der Waals surface area (Å²) in [7, 11) is 0. The molecule has 0 saturated carbocycles. The summed E-state index contributed by atoms with van der Waals surface area (Å²) in [5.41, 5.74) is 10.4. The number of pyridine rings is 1. The number of azide groups is 1. The van der Waals surface area contributed by atoms with Gasteiger partial charge in [0.05, 0.1) is 5.69 Å². The van der Waals surface area contributed by atoms with E-state index in [1.54, 1.807) is 12.4 Å². The van der Waals surface area contributed by atoms with Gasteiger partial charge in [0.25, 0.3) is 0 Å². The van der Waals surface area contributed by atoms with Crippen molar-refractivity contribution in [2.75, 3.05) is 6.54 Å². The molecule has 0 amide bonds. The number of imidazole rings is 1. The largest absolute Gasteiger partial charge is 0.318 e. The third kappa shape index (κ3) is 5.34. The molecule has 1 aromatic carbocycles. The Hall–Kier alpha value is -2.90. The van der Waals surface area contributed by atoms with Crippen molar-refractivity contribution in [3.05, 3.63) is 81.9 Å². The first-order valence-electron chi connectivity index (χ1n) is 9.11. The lowest BCUT2D eigenvalue weighted by Gasteiger charge is -2.13. The molecule has 3 aromatic rings. The van der Waals surface area contributed by atoms with Gasteiger partial charge >= 0.3 is 0 Å². The molecule has 0 spiro atoms. The molecule has 2 aromatic heterocycles. The highest BCUT2D eigenvalue weighted by Gasteiger charge is 2.21. The number of hydrogen-bond donors (Lipinski definition) is 0. The monoisotopic (exact) mass is 414 g/mol. The lowest BCUT2D eigenvalue weighted by atomic mass is 10.1. The summed E-state index contributed by atoms with van der Waals surface area (Å²) in [6, 6.07) is 7.28. The van der Waals surface area contributed by atoms with Crippen molar-refractivity contribution in [3.63, 3.8) is 0 Å². The maximum Gasteiger partial charge on any atom is 0.127 e. The van der Waals surface area contributed by atoms with E-state index < -0.39 is 11.6 Å². The number of hydrogen-bond acceptors (Lipinski definition) is 4. The van der Waals surface area contributed by atoms with Crippen LogP contribution in [0.3, 0.4) is 0 Å². The van der Waals surface area contributed by atoms with E-state index in [4.69, 9.17) is 10.5 Å². The maximum absolute atomic E-state index is 13.7. The van der Waals surface area contributed by atoms with Gasteiger partial charge in [0.1, 0.15) is 22.5 Å². The van der Waals surface area contributed by atoms with Gasteiger partial charge in [-0.05, 0) is 41.3 Å². The summed E-state index contributed by atoms with van der Waals surface area (Å²) < 4.78 is 29.5. The Bertz CT molecular complexity index is 1010. The molecule has 0 fully saturated rings. The molecule has 0 atom stereocenters. The van der Waals surface area contributed by atoms with Gasteiger partial charge in [-0.15, -0.1) is 0 Å². The molecule has 0 unspecified atom stereocenters. The van der Waals surface area contributed by atoms with E-state index in [1.807, 2.05) is 30.5 Å². The highest BCUT2D eigenvalue weighted by molar-refractivity contribution is 7.99. The molecule has 0 aliphatic heterocycles. The van der Waals surface area contributed by atoms with Crippen LogP contribution in [0.2, 0.25) is 0 Å². The van der Waals surface area contributed by atoms with Crippen LogP contribution in [0, 0.1) is 11.6 Å². The summed E-state index contributed by atoms with van der Waals surface area (Å²) in [6.45, 7) is 4.84. The Labute approximate surface area is 171 Å². The minimum Gasteiger partial charge on any atom is -0.318 e. The van der Waals surface area contributed by atoms with Gasteiger partial charge in [0, 0.05) is 47.8 Å². The topological polar surface area (TPSA) is 79.5 Å². The maximum atomic E-state index is 13.7. The zero-order valence-electron chi connectivity index (χ0n) is 16.1. The van der Waals surface area contributed by atoms with Gasteiger partial charge in [0.2, 0.25) is 0 Å². The summed E-state index contributed by atoms with van der Waals surface area (Å²) >= 11 is 1.28. The van der Waals surface area contributed by atoms with Crippen molar-refractivity contribution in [2.24, 2.45) is 5.11 Å². The molecule has 0 radical (unpaired) electrons. The van der Waals surface area contributed by atoms with Crippen molar-refractivity contribution < 1.29 is 8.78 Å². The lowest BCUT2D eigenvalue weighted by molar-refractivity contribution is 0.577. The first-order chi connectivity index (χ1) is 14.0. The molecular formula is C20H20F2N6S. The fourth-order valence-electron chi connectivity index (χ4n) is 2.90. The first kappa shape index (κ1) is 20.8. The van der Waals surface area contributed by atoms with Crippen molar-refractivity contribution in [1.29, 1.82) is 0 Å². The van der Waals surface area contributed by atoms with E-state index in [0.29, 0.717) is 17.9 Å². The summed E-state index contributed by atoms with van der Waals surface area (Å²) in [5.74, 6) is -0.380. The normalized spacial score (nSPS) is 10.9. The van der Waals surface area contributed by atoms with Gasteiger partial charge < -0.3 is 4.57 Å². The first-order valence-corrected chi connectivity index (χ1v) is 9.92. The zero-order chi connectivity index (χ0) is 20.8. The van der Waals surface area contributed by atoms with Crippen LogP contribution in [0.25, 0.3) is 10.4 Å². The molecule has 0 N–H and O–H groups in total. The fourth-order valence-corrected chi connectivity index (χ4v) is 4.14. The predicted molar refractivity (Wildman–Crippen MR) is 108 cm³/mol. The van der Waals surface area contributed by atoms with Crippen molar-refractivity contribution in [2.45, 2.75) is 42.7 Å². The van der Waals surface area contributed by atoms with Crippen molar-refractivity contribution in [3.8, 4) is 0 Å². The average Bonchev–Trinajstić information content (AvgIpc) is 3.00. The molecular weight excluding hydrogens is 394 g/mol. The van der Waals surface area contributed by atoms with Gasteiger partial charge in [-0.25, -0.2) is 13.8 Å². The van der Waals surface area contributed by atoms with Crippen molar-refractivity contribution >= 4 is 11.8 Å². The second-order valence-electron chi connectivity index (χ2n) is 6.73. The highest BCUT2D eigenvalue weighted by atomic mass is 32.2. The molecule has 2 heterocycles. The van der Waals surface area contributed by atoms with Gasteiger partial charge in [-0.3, -0.25) is 4.98 Å². The number of nitrogens with zero attached hydrogens (tertiary/aromatic N) is 6. The van der Waals surface area contributed by atoms with Crippen LogP contribution >= 0.6 is 11.8 Å². The fraction of sp³-hybridized carbons (Fsp3) is 0.300. The lowest BCUT2D eigenvalue weighted by Crippen LogP contribution is -2.08. The summed E-state index contributed by atoms with van der Waals surface area (Å²) in [4.78, 5) is 12.1. The SMILES string of the molecule is CC(C)c1nc(CCN=[N+]=[N-])n(Cc2ccncc2)c1Sc1cc(F)cc(F)c1. The zero-order valence-corrected chi connectivity index (χ0v) is 16.9. The highest BCUT2D eigenvalue weighted by Crippen LogP contribution is 2.36. The molecule has 0 saturated heterocycles. The van der Waals surface area contributed by atoms with Crippen molar-refractivity contribution in [1.82, 2.24) is 14.5 Å². The standard InChI is InChI=1S/C20H20F2N6S/c1-13(2)19-20(29-17-10-15(21)9-16(22)11-17)28(12-14-3-6-24-7-4-14)18(26-19)5-8-25-27-23/h3-4,6-7,9-11,13H,5,8,12H2,1-2H3. The Balaban J connectivity index is 2.07. The molecule has 29 heavy (non-hydrogen) atoms. The van der Waals surface area contributed by atoms with Gasteiger partial charge in [-0.2, -0.15) is 0 Å². The third-order valence-corrected chi connectivity index (χ3v) is 5.31. The van der Waals surface area contributed by atoms with E-state index in [2.05, 4.69) is 15.0 Å². The van der Waals surface area contributed by atoms with Gasteiger partial charge in [0.15, 0.2) is 0 Å². The predicted octanol–water partition coefficient (Wildman–Crippen LogP) is 5.73. The Morgan fingerprint density at radius 2 is 1.86 bits per heavy atom. The molecule has 0 aliphatic rings. The quantitative estimate of drug-likeness (QED) is 0.268. The molecule has 9 heteroatoms. The number of halogens is 2. The van der Waals surface area contributed by atoms with E-state index in [0.717, 1.165) is 28.2 Å². The minimum absolute atomic E-state index is 0.104. The number of aromatic nitrogens is 3.